The fourth-order valence-corrected chi connectivity index (χ4v) is 4.11. The van der Waals surface area contributed by atoms with Crippen molar-refractivity contribution in [3.63, 3.8) is 0 Å². The van der Waals surface area contributed by atoms with Crippen molar-refractivity contribution in [2.45, 2.75) is 39.7 Å². The Bertz CT molecular complexity index is 1030. The number of rotatable bonds is 7. The first kappa shape index (κ1) is 20.4. The van der Waals surface area contributed by atoms with Gasteiger partial charge in [0.25, 0.3) is 5.91 Å². The maximum atomic E-state index is 12.8. The number of fused-ring (bicyclic) bond motifs is 1. The Hall–Kier alpha value is -2.86. The summed E-state index contributed by atoms with van der Waals surface area (Å²) in [4.78, 5) is 19.2. The number of hydrogen-bond acceptors (Lipinski definition) is 5. The fraction of sp³-hybridized carbons (Fsp3) is 0.333. The highest BCUT2D eigenvalue weighted by atomic mass is 32.1. The quantitative estimate of drug-likeness (QED) is 0.479. The number of aryl methyl sites for hydroxylation is 2. The molecule has 1 aliphatic heterocycles. The van der Waals surface area contributed by atoms with Crippen LogP contribution in [0.25, 0.3) is 11.3 Å². The SMILES string of the molecule is Cc1ccc(OCCCCN2C(=O)C(C)Oc3ccc(-c4csc(C)n4)cc32)cc1. The average Bonchev–Trinajstić information content (AvgIpc) is 3.18. The predicted molar refractivity (Wildman–Crippen MR) is 121 cm³/mol. The zero-order valence-corrected chi connectivity index (χ0v) is 18.4. The van der Waals surface area contributed by atoms with E-state index in [9.17, 15) is 4.79 Å². The lowest BCUT2D eigenvalue weighted by Crippen LogP contribution is -2.45. The molecule has 2 heterocycles. The lowest BCUT2D eigenvalue weighted by Gasteiger charge is -2.33. The van der Waals surface area contributed by atoms with Gasteiger partial charge < -0.3 is 14.4 Å². The van der Waals surface area contributed by atoms with Crippen LogP contribution in [0.3, 0.4) is 0 Å². The van der Waals surface area contributed by atoms with E-state index in [1.807, 2.05) is 59.7 Å². The van der Waals surface area contributed by atoms with Gasteiger partial charge >= 0.3 is 0 Å². The summed E-state index contributed by atoms with van der Waals surface area (Å²) in [6.07, 6.45) is 1.24. The summed E-state index contributed by atoms with van der Waals surface area (Å²) >= 11 is 1.62. The summed E-state index contributed by atoms with van der Waals surface area (Å²) in [6.45, 7) is 7.11. The molecule has 0 fully saturated rings. The lowest BCUT2D eigenvalue weighted by molar-refractivity contribution is -0.125. The molecular formula is C24H26N2O3S. The van der Waals surface area contributed by atoms with Crippen LogP contribution in [0, 0.1) is 13.8 Å². The van der Waals surface area contributed by atoms with Crippen LogP contribution in [0.4, 0.5) is 5.69 Å². The molecule has 156 valence electrons. The summed E-state index contributed by atoms with van der Waals surface area (Å²) in [5.74, 6) is 1.62. The molecular weight excluding hydrogens is 396 g/mol. The summed E-state index contributed by atoms with van der Waals surface area (Å²) in [7, 11) is 0. The monoisotopic (exact) mass is 422 g/mol. The van der Waals surface area contributed by atoms with Crippen molar-refractivity contribution in [1.29, 1.82) is 0 Å². The Morgan fingerprint density at radius 3 is 2.67 bits per heavy atom. The summed E-state index contributed by atoms with van der Waals surface area (Å²) in [5, 5.41) is 3.06. The molecule has 0 N–H and O–H groups in total. The molecule has 30 heavy (non-hydrogen) atoms. The minimum Gasteiger partial charge on any atom is -0.494 e. The van der Waals surface area contributed by atoms with E-state index < -0.39 is 6.10 Å². The number of nitrogens with zero attached hydrogens (tertiary/aromatic N) is 2. The second-order valence-electron chi connectivity index (χ2n) is 7.55. The largest absolute Gasteiger partial charge is 0.494 e. The molecule has 0 bridgehead atoms. The lowest BCUT2D eigenvalue weighted by atomic mass is 10.1. The zero-order chi connectivity index (χ0) is 21.1. The van der Waals surface area contributed by atoms with Crippen LogP contribution in [0.15, 0.2) is 47.8 Å². The molecule has 3 aromatic rings. The van der Waals surface area contributed by atoms with Crippen molar-refractivity contribution in [3.05, 3.63) is 58.4 Å². The molecule has 0 saturated carbocycles. The standard InChI is InChI=1S/C24H26N2O3S/c1-16-6-9-20(10-7-16)28-13-5-4-12-26-22-14-19(21-15-30-18(3)25-21)8-11-23(22)29-17(2)24(26)27/h6-11,14-15,17H,4-5,12-13H2,1-3H3. The van der Waals surface area contributed by atoms with E-state index in [4.69, 9.17) is 9.47 Å². The molecule has 1 aliphatic rings. The molecule has 1 unspecified atom stereocenters. The van der Waals surface area contributed by atoms with Crippen molar-refractivity contribution >= 4 is 22.9 Å². The zero-order valence-electron chi connectivity index (χ0n) is 17.6. The highest BCUT2D eigenvalue weighted by Crippen LogP contribution is 2.38. The number of thiazole rings is 1. The van der Waals surface area contributed by atoms with Gasteiger partial charge in [0.2, 0.25) is 0 Å². The van der Waals surface area contributed by atoms with E-state index in [1.54, 1.807) is 18.3 Å². The van der Waals surface area contributed by atoms with Gasteiger partial charge in [-0.25, -0.2) is 4.98 Å². The normalized spacial score (nSPS) is 15.6. The molecule has 2 aromatic carbocycles. The minimum absolute atomic E-state index is 0.00596. The third-order valence-corrected chi connectivity index (χ3v) is 5.92. The van der Waals surface area contributed by atoms with Gasteiger partial charge in [-0.05, 0) is 63.9 Å². The topological polar surface area (TPSA) is 51.7 Å². The molecule has 6 heteroatoms. The third kappa shape index (κ3) is 4.49. The Balaban J connectivity index is 1.42. The first-order valence-electron chi connectivity index (χ1n) is 10.3. The summed E-state index contributed by atoms with van der Waals surface area (Å²) in [5.41, 5.74) is 3.96. The Morgan fingerprint density at radius 1 is 1.13 bits per heavy atom. The van der Waals surface area contributed by atoms with Crippen LogP contribution in [-0.4, -0.2) is 30.1 Å². The first-order chi connectivity index (χ1) is 14.5. The molecule has 5 nitrogen and oxygen atoms in total. The summed E-state index contributed by atoms with van der Waals surface area (Å²) in [6, 6.07) is 14.0. The van der Waals surface area contributed by atoms with Crippen LogP contribution in [0.1, 0.15) is 30.3 Å². The van der Waals surface area contributed by atoms with Gasteiger partial charge in [-0.3, -0.25) is 4.79 Å². The molecule has 0 radical (unpaired) electrons. The van der Waals surface area contributed by atoms with Crippen molar-refractivity contribution < 1.29 is 14.3 Å². The van der Waals surface area contributed by atoms with Crippen molar-refractivity contribution in [2.24, 2.45) is 0 Å². The average molecular weight is 423 g/mol. The second-order valence-corrected chi connectivity index (χ2v) is 8.62. The molecule has 0 spiro atoms. The van der Waals surface area contributed by atoms with E-state index in [-0.39, 0.29) is 5.91 Å². The second kappa shape index (κ2) is 8.88. The molecule has 0 aliphatic carbocycles. The van der Waals surface area contributed by atoms with E-state index >= 15 is 0 Å². The summed E-state index contributed by atoms with van der Waals surface area (Å²) < 4.78 is 11.6. The van der Waals surface area contributed by atoms with Crippen LogP contribution in [0.5, 0.6) is 11.5 Å². The Labute approximate surface area is 181 Å². The molecule has 0 saturated heterocycles. The van der Waals surface area contributed by atoms with Crippen molar-refractivity contribution in [1.82, 2.24) is 4.98 Å². The minimum atomic E-state index is -0.478. The fourth-order valence-electron chi connectivity index (χ4n) is 3.49. The van der Waals surface area contributed by atoms with Gasteiger partial charge in [-0.2, -0.15) is 0 Å². The number of benzene rings is 2. The molecule has 1 aromatic heterocycles. The van der Waals surface area contributed by atoms with Gasteiger partial charge in [-0.1, -0.05) is 17.7 Å². The predicted octanol–water partition coefficient (Wildman–Crippen LogP) is 5.40. The number of anilines is 1. The molecule has 1 amide bonds. The van der Waals surface area contributed by atoms with Crippen molar-refractivity contribution in [3.8, 4) is 22.8 Å². The maximum absolute atomic E-state index is 12.8. The number of carbonyl (C=O) groups excluding carboxylic acids is 1. The van der Waals surface area contributed by atoms with Crippen LogP contribution in [-0.2, 0) is 4.79 Å². The molecule has 1 atom stereocenters. The van der Waals surface area contributed by atoms with Crippen LogP contribution >= 0.6 is 11.3 Å². The van der Waals surface area contributed by atoms with E-state index in [1.165, 1.54) is 5.56 Å². The van der Waals surface area contributed by atoms with E-state index in [0.29, 0.717) is 13.2 Å². The number of unbranched alkanes of at least 4 members (excludes halogenated alkanes) is 1. The van der Waals surface area contributed by atoms with Gasteiger partial charge in [-0.15, -0.1) is 11.3 Å². The number of carbonyl (C=O) groups is 1. The van der Waals surface area contributed by atoms with Crippen LogP contribution in [0.2, 0.25) is 0 Å². The third-order valence-electron chi connectivity index (χ3n) is 5.15. The Kier molecular flexibility index (Phi) is 6.04. The van der Waals surface area contributed by atoms with Crippen molar-refractivity contribution in [2.75, 3.05) is 18.1 Å². The van der Waals surface area contributed by atoms with Gasteiger partial charge in [0.05, 0.1) is 23.0 Å². The first-order valence-corrected chi connectivity index (χ1v) is 11.1. The molecule has 4 rings (SSSR count). The van der Waals surface area contributed by atoms with Gasteiger partial charge in [0, 0.05) is 17.5 Å². The van der Waals surface area contributed by atoms with E-state index in [2.05, 4.69) is 11.9 Å². The van der Waals surface area contributed by atoms with Crippen LogP contribution < -0.4 is 14.4 Å². The smallest absolute Gasteiger partial charge is 0.267 e. The van der Waals surface area contributed by atoms with Gasteiger partial charge in [0.1, 0.15) is 11.5 Å². The van der Waals surface area contributed by atoms with E-state index in [0.717, 1.165) is 46.3 Å². The Morgan fingerprint density at radius 2 is 1.93 bits per heavy atom. The number of ether oxygens (including phenoxy) is 2. The number of hydrogen-bond donors (Lipinski definition) is 0. The highest BCUT2D eigenvalue weighted by Gasteiger charge is 2.31. The number of amides is 1. The number of aromatic nitrogens is 1. The highest BCUT2D eigenvalue weighted by molar-refractivity contribution is 7.09. The maximum Gasteiger partial charge on any atom is 0.267 e. The van der Waals surface area contributed by atoms with Gasteiger partial charge in [0.15, 0.2) is 6.10 Å².